The Balaban J connectivity index is 1.83. The lowest BCUT2D eigenvalue weighted by molar-refractivity contribution is 1.08. The third kappa shape index (κ3) is 2.89. The first-order chi connectivity index (χ1) is 9.83. The molecule has 20 heavy (non-hydrogen) atoms. The molecule has 0 fully saturated rings. The zero-order valence-electron chi connectivity index (χ0n) is 11.3. The van der Waals surface area contributed by atoms with E-state index in [0.29, 0.717) is 0 Å². The molecule has 1 N–H and O–H groups in total. The molecule has 0 radical (unpaired) electrons. The van der Waals surface area contributed by atoms with E-state index in [1.807, 2.05) is 13.0 Å². The molecule has 3 heteroatoms. The van der Waals surface area contributed by atoms with Crippen LogP contribution in [0.4, 0.5) is 5.69 Å². The molecule has 0 unspecified atom stereocenters. The number of hydrogen-bond donors (Lipinski definition) is 1. The molecule has 0 saturated heterocycles. The molecule has 0 aliphatic heterocycles. The average Bonchev–Trinajstić information content (AvgIpc) is 2.92. The van der Waals surface area contributed by atoms with Gasteiger partial charge >= 0.3 is 0 Å². The first-order valence-corrected chi connectivity index (χ1v) is 7.50. The van der Waals surface area contributed by atoms with Crippen molar-refractivity contribution in [2.45, 2.75) is 13.5 Å². The minimum absolute atomic E-state index is 0.766. The van der Waals surface area contributed by atoms with Crippen molar-refractivity contribution >= 4 is 17.0 Å². The predicted molar refractivity (Wildman–Crippen MR) is 86.1 cm³/mol. The van der Waals surface area contributed by atoms with Gasteiger partial charge in [-0.3, -0.25) is 0 Å². The predicted octanol–water partition coefficient (Wildman–Crippen LogP) is 4.73. The van der Waals surface area contributed by atoms with E-state index < -0.39 is 0 Å². The van der Waals surface area contributed by atoms with E-state index in [2.05, 4.69) is 64.2 Å². The van der Waals surface area contributed by atoms with Crippen LogP contribution in [0.5, 0.6) is 0 Å². The number of anilines is 1. The summed E-state index contributed by atoms with van der Waals surface area (Å²) >= 11 is 1.70. The Bertz CT molecular complexity index is 689. The van der Waals surface area contributed by atoms with Gasteiger partial charge in [0.1, 0.15) is 5.01 Å². The highest BCUT2D eigenvalue weighted by Gasteiger charge is 2.05. The fourth-order valence-corrected chi connectivity index (χ4v) is 2.87. The van der Waals surface area contributed by atoms with Gasteiger partial charge in [-0.1, -0.05) is 48.5 Å². The normalized spacial score (nSPS) is 10.4. The third-order valence-corrected chi connectivity index (χ3v) is 4.08. The SMILES string of the molecule is Cc1csc(CNc2ccccc2-c2ccccc2)n1. The number of nitrogens with one attached hydrogen (secondary N) is 1. The number of hydrogen-bond acceptors (Lipinski definition) is 3. The number of rotatable bonds is 4. The number of aromatic nitrogens is 1. The molecule has 0 amide bonds. The first kappa shape index (κ1) is 12.9. The van der Waals surface area contributed by atoms with Gasteiger partial charge in [-0.05, 0) is 18.6 Å². The summed E-state index contributed by atoms with van der Waals surface area (Å²) in [6, 6.07) is 18.8. The monoisotopic (exact) mass is 280 g/mol. The fraction of sp³-hybridized carbons (Fsp3) is 0.118. The van der Waals surface area contributed by atoms with Gasteiger partial charge in [0.05, 0.1) is 6.54 Å². The van der Waals surface area contributed by atoms with Gasteiger partial charge in [0.2, 0.25) is 0 Å². The Hall–Kier alpha value is -2.13. The quantitative estimate of drug-likeness (QED) is 0.747. The standard InChI is InChI=1S/C17H16N2S/c1-13-12-20-17(19-13)11-18-16-10-6-5-9-15(16)14-7-3-2-4-8-14/h2-10,12,18H,11H2,1H3. The molecule has 0 aliphatic rings. The lowest BCUT2D eigenvalue weighted by atomic mass is 10.0. The minimum Gasteiger partial charge on any atom is -0.378 e. The van der Waals surface area contributed by atoms with Gasteiger partial charge < -0.3 is 5.32 Å². The van der Waals surface area contributed by atoms with Crippen molar-refractivity contribution in [2.75, 3.05) is 5.32 Å². The van der Waals surface area contributed by atoms with Crippen LogP contribution in [0.2, 0.25) is 0 Å². The second kappa shape index (κ2) is 5.88. The van der Waals surface area contributed by atoms with E-state index >= 15 is 0 Å². The van der Waals surface area contributed by atoms with Gasteiger partial charge in [-0.15, -0.1) is 11.3 Å². The molecule has 0 aliphatic carbocycles. The zero-order valence-corrected chi connectivity index (χ0v) is 12.2. The maximum Gasteiger partial charge on any atom is 0.112 e. The fourth-order valence-electron chi connectivity index (χ4n) is 2.16. The summed E-state index contributed by atoms with van der Waals surface area (Å²) in [7, 11) is 0. The molecular weight excluding hydrogens is 264 g/mol. The number of thiazole rings is 1. The number of benzene rings is 2. The summed E-state index contributed by atoms with van der Waals surface area (Å²) in [5.74, 6) is 0. The van der Waals surface area contributed by atoms with Crippen molar-refractivity contribution in [3.05, 3.63) is 70.7 Å². The van der Waals surface area contributed by atoms with E-state index in [-0.39, 0.29) is 0 Å². The van der Waals surface area contributed by atoms with E-state index in [4.69, 9.17) is 0 Å². The maximum absolute atomic E-state index is 4.48. The second-order valence-electron chi connectivity index (χ2n) is 4.65. The first-order valence-electron chi connectivity index (χ1n) is 6.62. The van der Waals surface area contributed by atoms with Crippen LogP contribution in [-0.2, 0) is 6.54 Å². The molecule has 0 atom stereocenters. The number of para-hydroxylation sites is 1. The number of nitrogens with zero attached hydrogens (tertiary/aromatic N) is 1. The van der Waals surface area contributed by atoms with Crippen LogP contribution in [0, 0.1) is 6.92 Å². The summed E-state index contributed by atoms with van der Waals surface area (Å²) in [6.07, 6.45) is 0. The summed E-state index contributed by atoms with van der Waals surface area (Å²) < 4.78 is 0. The van der Waals surface area contributed by atoms with Crippen LogP contribution in [0.15, 0.2) is 60.0 Å². The van der Waals surface area contributed by atoms with Gasteiger partial charge in [-0.2, -0.15) is 0 Å². The van der Waals surface area contributed by atoms with Crippen molar-refractivity contribution in [3.63, 3.8) is 0 Å². The van der Waals surface area contributed by atoms with Gasteiger partial charge in [0, 0.05) is 22.3 Å². The van der Waals surface area contributed by atoms with Crippen LogP contribution < -0.4 is 5.32 Å². The van der Waals surface area contributed by atoms with Crippen molar-refractivity contribution in [1.29, 1.82) is 0 Å². The van der Waals surface area contributed by atoms with Crippen LogP contribution in [-0.4, -0.2) is 4.98 Å². The van der Waals surface area contributed by atoms with E-state index in [1.54, 1.807) is 11.3 Å². The maximum atomic E-state index is 4.48. The van der Waals surface area contributed by atoms with E-state index in [1.165, 1.54) is 11.1 Å². The lowest BCUT2D eigenvalue weighted by Crippen LogP contribution is -2.00. The molecule has 1 heterocycles. The summed E-state index contributed by atoms with van der Waals surface area (Å²) in [6.45, 7) is 2.79. The molecule has 0 bridgehead atoms. The number of aryl methyl sites for hydroxylation is 1. The Morgan fingerprint density at radius 1 is 1.00 bits per heavy atom. The van der Waals surface area contributed by atoms with E-state index in [9.17, 15) is 0 Å². The highest BCUT2D eigenvalue weighted by molar-refractivity contribution is 7.09. The molecule has 2 nitrogen and oxygen atoms in total. The highest BCUT2D eigenvalue weighted by Crippen LogP contribution is 2.28. The molecule has 100 valence electrons. The Morgan fingerprint density at radius 2 is 1.75 bits per heavy atom. The Morgan fingerprint density at radius 3 is 2.50 bits per heavy atom. The molecule has 0 spiro atoms. The molecular formula is C17H16N2S. The molecule has 3 rings (SSSR count). The van der Waals surface area contributed by atoms with Crippen molar-refractivity contribution in [3.8, 4) is 11.1 Å². The van der Waals surface area contributed by atoms with Crippen LogP contribution in [0.1, 0.15) is 10.7 Å². The van der Waals surface area contributed by atoms with E-state index in [0.717, 1.165) is 22.9 Å². The topological polar surface area (TPSA) is 24.9 Å². The smallest absolute Gasteiger partial charge is 0.112 e. The lowest BCUT2D eigenvalue weighted by Gasteiger charge is -2.11. The largest absolute Gasteiger partial charge is 0.378 e. The second-order valence-corrected chi connectivity index (χ2v) is 5.59. The third-order valence-electron chi connectivity index (χ3n) is 3.11. The Kier molecular flexibility index (Phi) is 3.79. The minimum atomic E-state index is 0.766. The molecule has 0 saturated carbocycles. The molecule has 1 aromatic heterocycles. The zero-order chi connectivity index (χ0) is 13.8. The molecule has 3 aromatic rings. The average molecular weight is 280 g/mol. The molecule has 2 aromatic carbocycles. The van der Waals surface area contributed by atoms with Crippen LogP contribution >= 0.6 is 11.3 Å². The van der Waals surface area contributed by atoms with Gasteiger partial charge in [-0.25, -0.2) is 4.98 Å². The highest BCUT2D eigenvalue weighted by atomic mass is 32.1. The summed E-state index contributed by atoms with van der Waals surface area (Å²) in [4.78, 5) is 4.48. The van der Waals surface area contributed by atoms with Crippen molar-refractivity contribution in [1.82, 2.24) is 4.98 Å². The Labute approximate surface area is 123 Å². The van der Waals surface area contributed by atoms with Crippen molar-refractivity contribution in [2.24, 2.45) is 0 Å². The van der Waals surface area contributed by atoms with Gasteiger partial charge in [0.15, 0.2) is 0 Å². The summed E-state index contributed by atoms with van der Waals surface area (Å²) in [5.41, 5.74) is 4.68. The van der Waals surface area contributed by atoms with Crippen LogP contribution in [0.3, 0.4) is 0 Å². The summed E-state index contributed by atoms with van der Waals surface area (Å²) in [5, 5.41) is 6.69. The van der Waals surface area contributed by atoms with Crippen LogP contribution in [0.25, 0.3) is 11.1 Å². The van der Waals surface area contributed by atoms with Gasteiger partial charge in [0.25, 0.3) is 0 Å². The van der Waals surface area contributed by atoms with Crippen molar-refractivity contribution < 1.29 is 0 Å².